The average Bonchev–Trinajstić information content (AvgIpc) is 3.58. The molecule has 3 aromatic rings. The maximum absolute atomic E-state index is 4.76. The maximum Gasteiger partial charge on any atom is 0.250 e. The Bertz CT molecular complexity index is 1060. The predicted octanol–water partition coefficient (Wildman–Crippen LogP) is 3.93. The Morgan fingerprint density at radius 1 is 0.844 bits per heavy atom. The third-order valence-corrected chi connectivity index (χ3v) is 6.28. The van der Waals surface area contributed by atoms with Gasteiger partial charge in [0, 0.05) is 49.3 Å². The van der Waals surface area contributed by atoms with Crippen molar-refractivity contribution in [2.75, 3.05) is 41.4 Å². The number of aryl methyl sites for hydroxylation is 1. The number of hydrogen-bond acceptors (Lipinski definition) is 7. The molecule has 0 saturated carbocycles. The summed E-state index contributed by atoms with van der Waals surface area (Å²) in [6.07, 6.45) is 8.74. The second kappa shape index (κ2) is 8.98. The fourth-order valence-electron chi connectivity index (χ4n) is 4.50. The number of hydrazone groups is 1. The first-order valence-electron chi connectivity index (χ1n) is 11.5. The highest BCUT2D eigenvalue weighted by Crippen LogP contribution is 2.23. The molecule has 0 amide bonds. The van der Waals surface area contributed by atoms with Crippen LogP contribution in [0.15, 0.2) is 41.6 Å². The van der Waals surface area contributed by atoms with E-state index in [0.29, 0.717) is 5.95 Å². The summed E-state index contributed by atoms with van der Waals surface area (Å²) in [7, 11) is 0. The SMILES string of the molecule is Cc1cn(-c2ccccc2)c(C)c1/C=N/Nc1nc(N2CCCC2)nc(N2CCCC2)n1. The van der Waals surface area contributed by atoms with Crippen LogP contribution in [0.1, 0.15) is 42.5 Å². The van der Waals surface area contributed by atoms with Crippen LogP contribution in [0.25, 0.3) is 5.69 Å². The Morgan fingerprint density at radius 3 is 2.03 bits per heavy atom. The van der Waals surface area contributed by atoms with Gasteiger partial charge < -0.3 is 14.4 Å². The molecule has 0 aliphatic carbocycles. The van der Waals surface area contributed by atoms with Gasteiger partial charge in [0.25, 0.3) is 0 Å². The summed E-state index contributed by atoms with van der Waals surface area (Å²) >= 11 is 0. The van der Waals surface area contributed by atoms with Crippen molar-refractivity contribution in [2.45, 2.75) is 39.5 Å². The zero-order valence-corrected chi connectivity index (χ0v) is 18.8. The molecule has 2 aromatic heterocycles. The number of para-hydroxylation sites is 1. The monoisotopic (exact) mass is 430 g/mol. The van der Waals surface area contributed by atoms with Crippen LogP contribution in [0.2, 0.25) is 0 Å². The van der Waals surface area contributed by atoms with Gasteiger partial charge in [0.2, 0.25) is 17.8 Å². The topological polar surface area (TPSA) is 74.5 Å². The molecule has 2 aliphatic heterocycles. The van der Waals surface area contributed by atoms with Crippen LogP contribution in [-0.4, -0.2) is 51.9 Å². The molecule has 0 atom stereocenters. The smallest absolute Gasteiger partial charge is 0.250 e. The molecule has 1 N–H and O–H groups in total. The molecule has 2 fully saturated rings. The van der Waals surface area contributed by atoms with Crippen molar-refractivity contribution in [3.05, 3.63) is 53.3 Å². The molecular formula is C24H30N8. The quantitative estimate of drug-likeness (QED) is 0.472. The molecule has 0 bridgehead atoms. The number of rotatable bonds is 6. The number of hydrogen-bond donors (Lipinski definition) is 1. The predicted molar refractivity (Wildman–Crippen MR) is 129 cm³/mol. The van der Waals surface area contributed by atoms with E-state index >= 15 is 0 Å². The van der Waals surface area contributed by atoms with E-state index < -0.39 is 0 Å². The molecule has 0 radical (unpaired) electrons. The number of nitrogens with zero attached hydrogens (tertiary/aromatic N) is 7. The number of anilines is 3. The lowest BCUT2D eigenvalue weighted by atomic mass is 10.2. The molecule has 1 aromatic carbocycles. The third-order valence-electron chi connectivity index (χ3n) is 6.28. The number of benzene rings is 1. The lowest BCUT2D eigenvalue weighted by Crippen LogP contribution is -2.25. The van der Waals surface area contributed by atoms with Crippen molar-refractivity contribution in [3.63, 3.8) is 0 Å². The molecule has 2 aliphatic rings. The molecule has 8 nitrogen and oxygen atoms in total. The lowest BCUT2D eigenvalue weighted by Gasteiger charge is -2.20. The Hall–Kier alpha value is -3.42. The highest BCUT2D eigenvalue weighted by atomic mass is 15.4. The lowest BCUT2D eigenvalue weighted by molar-refractivity contribution is 0.838. The minimum absolute atomic E-state index is 0.498. The molecule has 0 spiro atoms. The average molecular weight is 431 g/mol. The second-order valence-corrected chi connectivity index (χ2v) is 8.53. The van der Waals surface area contributed by atoms with E-state index in [0.717, 1.165) is 55.0 Å². The summed E-state index contributed by atoms with van der Waals surface area (Å²) in [5, 5.41) is 4.50. The zero-order valence-electron chi connectivity index (χ0n) is 18.8. The van der Waals surface area contributed by atoms with Gasteiger partial charge >= 0.3 is 0 Å². The second-order valence-electron chi connectivity index (χ2n) is 8.53. The van der Waals surface area contributed by atoms with E-state index in [-0.39, 0.29) is 0 Å². The van der Waals surface area contributed by atoms with Gasteiger partial charge in [-0.15, -0.1) is 0 Å². The minimum atomic E-state index is 0.498. The van der Waals surface area contributed by atoms with Gasteiger partial charge in [0.05, 0.1) is 6.21 Å². The van der Waals surface area contributed by atoms with E-state index in [1.54, 1.807) is 0 Å². The van der Waals surface area contributed by atoms with Gasteiger partial charge in [-0.05, 0) is 57.2 Å². The van der Waals surface area contributed by atoms with Crippen LogP contribution < -0.4 is 15.2 Å². The zero-order chi connectivity index (χ0) is 21.9. The molecule has 0 unspecified atom stereocenters. The molecule has 166 valence electrons. The third kappa shape index (κ3) is 4.17. The first-order valence-corrected chi connectivity index (χ1v) is 11.5. The van der Waals surface area contributed by atoms with Crippen LogP contribution in [0.4, 0.5) is 17.8 Å². The highest BCUT2D eigenvalue weighted by Gasteiger charge is 2.21. The number of aromatic nitrogens is 4. The van der Waals surface area contributed by atoms with E-state index in [2.05, 4.69) is 79.2 Å². The van der Waals surface area contributed by atoms with Crippen molar-refractivity contribution in [1.82, 2.24) is 19.5 Å². The molecule has 32 heavy (non-hydrogen) atoms. The molecule has 8 heteroatoms. The van der Waals surface area contributed by atoms with Crippen molar-refractivity contribution in [3.8, 4) is 5.69 Å². The van der Waals surface area contributed by atoms with E-state index in [1.807, 2.05) is 12.3 Å². The van der Waals surface area contributed by atoms with E-state index in [4.69, 9.17) is 4.98 Å². The van der Waals surface area contributed by atoms with Gasteiger partial charge in [-0.25, -0.2) is 5.43 Å². The summed E-state index contributed by atoms with van der Waals surface area (Å²) in [6, 6.07) is 10.3. The van der Waals surface area contributed by atoms with Gasteiger partial charge in [-0.2, -0.15) is 20.1 Å². The van der Waals surface area contributed by atoms with Crippen LogP contribution >= 0.6 is 0 Å². The van der Waals surface area contributed by atoms with Gasteiger partial charge in [0.1, 0.15) is 0 Å². The van der Waals surface area contributed by atoms with Crippen molar-refractivity contribution >= 4 is 24.1 Å². The van der Waals surface area contributed by atoms with Crippen molar-refractivity contribution in [1.29, 1.82) is 0 Å². The van der Waals surface area contributed by atoms with Crippen LogP contribution in [0.3, 0.4) is 0 Å². The molecule has 2 saturated heterocycles. The van der Waals surface area contributed by atoms with E-state index in [9.17, 15) is 0 Å². The van der Waals surface area contributed by atoms with E-state index in [1.165, 1.54) is 31.2 Å². The first kappa shape index (κ1) is 20.5. The summed E-state index contributed by atoms with van der Waals surface area (Å²) in [6.45, 7) is 8.21. The normalized spacial score (nSPS) is 16.4. The molecule has 5 rings (SSSR count). The Labute approximate surface area is 189 Å². The highest BCUT2D eigenvalue weighted by molar-refractivity contribution is 5.84. The minimum Gasteiger partial charge on any atom is -0.341 e. The summed E-state index contributed by atoms with van der Waals surface area (Å²) in [5.74, 6) is 2.00. The summed E-state index contributed by atoms with van der Waals surface area (Å²) < 4.78 is 2.19. The van der Waals surface area contributed by atoms with Gasteiger partial charge in [0.15, 0.2) is 0 Å². The fourth-order valence-corrected chi connectivity index (χ4v) is 4.50. The van der Waals surface area contributed by atoms with Crippen molar-refractivity contribution in [2.24, 2.45) is 5.10 Å². The fraction of sp³-hybridized carbons (Fsp3) is 0.417. The standard InChI is InChI=1S/C24H30N8/c1-18-17-32(20-10-4-3-5-11-20)19(2)21(18)16-25-29-22-26-23(30-12-6-7-13-30)28-24(27-22)31-14-8-9-15-31/h3-5,10-11,16-17H,6-9,12-15H2,1-2H3,(H,26,27,28,29)/b25-16+. The van der Waals surface area contributed by atoms with Crippen LogP contribution in [-0.2, 0) is 0 Å². The van der Waals surface area contributed by atoms with Gasteiger partial charge in [-0.1, -0.05) is 18.2 Å². The Balaban J connectivity index is 1.39. The number of nitrogens with one attached hydrogen (secondary N) is 1. The Morgan fingerprint density at radius 2 is 1.44 bits per heavy atom. The van der Waals surface area contributed by atoms with Crippen LogP contribution in [0.5, 0.6) is 0 Å². The first-order chi connectivity index (χ1) is 15.7. The summed E-state index contributed by atoms with van der Waals surface area (Å²) in [4.78, 5) is 18.6. The van der Waals surface area contributed by atoms with Crippen molar-refractivity contribution < 1.29 is 0 Å². The van der Waals surface area contributed by atoms with Crippen LogP contribution in [0, 0.1) is 13.8 Å². The van der Waals surface area contributed by atoms with Gasteiger partial charge in [-0.3, -0.25) is 0 Å². The Kier molecular flexibility index (Phi) is 5.75. The molecule has 4 heterocycles. The largest absolute Gasteiger partial charge is 0.341 e. The summed E-state index contributed by atoms with van der Waals surface area (Å²) in [5.41, 5.74) is 7.62. The molecular weight excluding hydrogens is 400 g/mol. The maximum atomic E-state index is 4.76.